The Kier molecular flexibility index (Phi) is 7.20. The third-order valence-electron chi connectivity index (χ3n) is 8.11. The number of nitrogens with zero attached hydrogens (tertiary/aromatic N) is 5. The highest BCUT2D eigenvalue weighted by Crippen LogP contribution is 2.50. The van der Waals surface area contributed by atoms with E-state index in [-0.39, 0.29) is 36.0 Å². The Bertz CT molecular complexity index is 1240. The largest absolute Gasteiger partial charge is 0.444 e. The molecule has 210 valence electrons. The van der Waals surface area contributed by atoms with Crippen molar-refractivity contribution in [2.75, 3.05) is 34.8 Å². The van der Waals surface area contributed by atoms with Gasteiger partial charge in [-0.05, 0) is 77.6 Å². The van der Waals surface area contributed by atoms with Crippen molar-refractivity contribution in [3.8, 4) is 0 Å². The molecule has 2 unspecified atom stereocenters. The second kappa shape index (κ2) is 10.3. The Balaban J connectivity index is 1.46. The van der Waals surface area contributed by atoms with E-state index in [0.717, 1.165) is 35.5 Å². The fraction of sp³-hybridized carbons (Fsp3) is 0.600. The zero-order chi connectivity index (χ0) is 28.1. The molecular weight excluding hydrogens is 492 g/mol. The van der Waals surface area contributed by atoms with E-state index in [1.54, 1.807) is 13.1 Å². The molecule has 1 aliphatic carbocycles. The van der Waals surface area contributed by atoms with E-state index in [1.807, 2.05) is 43.6 Å². The number of hydrogen-bond donors (Lipinski definition) is 1. The van der Waals surface area contributed by atoms with E-state index in [0.29, 0.717) is 31.5 Å². The molecule has 0 spiro atoms. The normalized spacial score (nSPS) is 25.3. The fourth-order valence-corrected chi connectivity index (χ4v) is 6.19. The first-order valence-electron chi connectivity index (χ1n) is 14.2. The lowest BCUT2D eigenvalue weighted by molar-refractivity contribution is -0.117. The summed E-state index contributed by atoms with van der Waals surface area (Å²) >= 11 is 0. The van der Waals surface area contributed by atoms with E-state index < -0.39 is 5.60 Å². The number of carbonyl (C=O) groups excluding carboxylic acids is 2. The summed E-state index contributed by atoms with van der Waals surface area (Å²) in [6.45, 7) is 15.6. The lowest BCUT2D eigenvalue weighted by Gasteiger charge is -2.46. The molecule has 1 aromatic carbocycles. The Morgan fingerprint density at radius 1 is 1.10 bits per heavy atom. The number of hydrogen-bond acceptors (Lipinski definition) is 7. The number of amides is 2. The summed E-state index contributed by atoms with van der Waals surface area (Å²) in [5.74, 6) is 1.38. The molecule has 3 heterocycles. The molecule has 1 aromatic heterocycles. The number of aromatic nitrogens is 2. The van der Waals surface area contributed by atoms with Crippen molar-refractivity contribution in [1.82, 2.24) is 14.9 Å². The van der Waals surface area contributed by atoms with Gasteiger partial charge in [0, 0.05) is 73.4 Å². The van der Waals surface area contributed by atoms with Crippen LogP contribution in [0.2, 0.25) is 0 Å². The quantitative estimate of drug-likeness (QED) is 0.579. The number of aryl methyl sites for hydroxylation is 1. The smallest absolute Gasteiger partial charge is 0.410 e. The van der Waals surface area contributed by atoms with Crippen molar-refractivity contribution in [1.29, 1.82) is 0 Å². The Hall–Kier alpha value is -3.36. The lowest BCUT2D eigenvalue weighted by atomic mass is 9.79. The second-order valence-electron chi connectivity index (χ2n) is 12.4. The van der Waals surface area contributed by atoms with Gasteiger partial charge in [0.2, 0.25) is 11.9 Å². The van der Waals surface area contributed by atoms with Crippen LogP contribution in [-0.2, 0) is 9.53 Å². The van der Waals surface area contributed by atoms with Crippen LogP contribution in [0.15, 0.2) is 30.5 Å². The number of anilines is 3. The Morgan fingerprint density at radius 3 is 2.46 bits per heavy atom. The van der Waals surface area contributed by atoms with Crippen molar-refractivity contribution in [2.24, 2.45) is 11.8 Å². The maximum Gasteiger partial charge on any atom is 0.410 e. The molecule has 3 aliphatic rings. The second-order valence-corrected chi connectivity index (χ2v) is 12.4. The monoisotopic (exact) mass is 534 g/mol. The SMILES string of the molecule is CC(=O)N1c2ccc(N3CCN(C(=O)OC(C)(C)C)[C@@H](C)C3)cc2C(Nc2nccc(C)n2)[C@@H](C)C1C1CC1. The molecule has 9 heteroatoms. The molecule has 0 radical (unpaired) electrons. The summed E-state index contributed by atoms with van der Waals surface area (Å²) in [5.41, 5.74) is 3.52. The summed E-state index contributed by atoms with van der Waals surface area (Å²) in [7, 11) is 0. The van der Waals surface area contributed by atoms with Crippen molar-refractivity contribution in [2.45, 2.75) is 85.0 Å². The van der Waals surface area contributed by atoms with Crippen LogP contribution in [-0.4, -0.2) is 64.2 Å². The molecule has 2 amide bonds. The van der Waals surface area contributed by atoms with Crippen LogP contribution in [0.1, 0.15) is 71.7 Å². The van der Waals surface area contributed by atoms with Gasteiger partial charge in [-0.3, -0.25) is 4.79 Å². The molecular formula is C30H42N6O3. The predicted molar refractivity (Wildman–Crippen MR) is 153 cm³/mol. The fourth-order valence-electron chi connectivity index (χ4n) is 6.19. The predicted octanol–water partition coefficient (Wildman–Crippen LogP) is 5.17. The highest BCUT2D eigenvalue weighted by Gasteiger charge is 2.48. The van der Waals surface area contributed by atoms with Crippen molar-refractivity contribution >= 4 is 29.3 Å². The number of benzene rings is 1. The molecule has 4 atom stereocenters. The third-order valence-corrected chi connectivity index (χ3v) is 8.11. The minimum atomic E-state index is -0.521. The van der Waals surface area contributed by atoms with E-state index in [4.69, 9.17) is 4.74 Å². The molecule has 1 saturated carbocycles. The van der Waals surface area contributed by atoms with Gasteiger partial charge in [0.15, 0.2) is 0 Å². The van der Waals surface area contributed by atoms with Crippen LogP contribution in [0.4, 0.5) is 22.1 Å². The number of ether oxygens (including phenoxy) is 1. The first-order chi connectivity index (χ1) is 18.4. The van der Waals surface area contributed by atoms with Gasteiger partial charge in [0.05, 0.1) is 6.04 Å². The summed E-state index contributed by atoms with van der Waals surface area (Å²) in [5, 5.41) is 3.63. The topological polar surface area (TPSA) is 90.9 Å². The maximum atomic E-state index is 13.0. The van der Waals surface area contributed by atoms with Crippen molar-refractivity contribution in [3.63, 3.8) is 0 Å². The molecule has 2 fully saturated rings. The van der Waals surface area contributed by atoms with E-state index in [9.17, 15) is 9.59 Å². The van der Waals surface area contributed by atoms with Gasteiger partial charge in [0.1, 0.15) is 5.60 Å². The lowest BCUT2D eigenvalue weighted by Crippen LogP contribution is -2.55. The first-order valence-corrected chi connectivity index (χ1v) is 14.2. The standard InChI is InChI=1S/C30H42N6O3/c1-18-12-13-31-28(32-18)33-26-20(3)27(22-8-9-22)36(21(4)37)25-11-10-23(16-24(25)26)34-14-15-35(19(2)17-34)29(38)39-30(5,6)7/h10-13,16,19-20,22,26-27H,8-9,14-15,17H2,1-7H3,(H,31,32,33)/t19-,20+,26?,27?/m0/s1. The van der Waals surface area contributed by atoms with Crippen LogP contribution < -0.4 is 15.1 Å². The van der Waals surface area contributed by atoms with Gasteiger partial charge in [0.25, 0.3) is 0 Å². The third kappa shape index (κ3) is 5.68. The van der Waals surface area contributed by atoms with Gasteiger partial charge < -0.3 is 24.8 Å². The maximum absolute atomic E-state index is 13.0. The average molecular weight is 535 g/mol. The van der Waals surface area contributed by atoms with Crippen molar-refractivity contribution < 1.29 is 14.3 Å². The number of carbonyl (C=O) groups is 2. The number of fused-ring (bicyclic) bond motifs is 1. The van der Waals surface area contributed by atoms with Crippen molar-refractivity contribution in [3.05, 3.63) is 41.7 Å². The minimum absolute atomic E-state index is 0.00568. The molecule has 9 nitrogen and oxygen atoms in total. The van der Waals surface area contributed by atoms with E-state index >= 15 is 0 Å². The summed E-state index contributed by atoms with van der Waals surface area (Å²) in [6, 6.07) is 8.43. The zero-order valence-electron chi connectivity index (χ0n) is 24.3. The molecule has 1 N–H and O–H groups in total. The molecule has 0 bridgehead atoms. The van der Waals surface area contributed by atoms with Crippen LogP contribution in [0, 0.1) is 18.8 Å². The average Bonchev–Trinajstić information content (AvgIpc) is 3.69. The number of rotatable bonds is 4. The molecule has 2 aromatic rings. The van der Waals surface area contributed by atoms with Gasteiger partial charge in [-0.15, -0.1) is 0 Å². The summed E-state index contributed by atoms with van der Waals surface area (Å²) < 4.78 is 5.63. The van der Waals surface area contributed by atoms with Crippen LogP contribution in [0.3, 0.4) is 0 Å². The molecule has 39 heavy (non-hydrogen) atoms. The number of nitrogens with one attached hydrogen (secondary N) is 1. The first kappa shape index (κ1) is 27.2. The molecule has 2 aliphatic heterocycles. The summed E-state index contributed by atoms with van der Waals surface area (Å²) in [6.07, 6.45) is 3.82. The Morgan fingerprint density at radius 2 is 1.85 bits per heavy atom. The zero-order valence-corrected chi connectivity index (χ0v) is 24.3. The van der Waals surface area contributed by atoms with Crippen LogP contribution in [0.5, 0.6) is 0 Å². The highest BCUT2D eigenvalue weighted by molar-refractivity contribution is 5.94. The Labute approximate surface area is 231 Å². The van der Waals surface area contributed by atoms with Gasteiger partial charge in [-0.25, -0.2) is 14.8 Å². The molecule has 5 rings (SSSR count). The van der Waals surface area contributed by atoms with Gasteiger partial charge >= 0.3 is 6.09 Å². The van der Waals surface area contributed by atoms with E-state index in [2.05, 4.69) is 52.2 Å². The van der Waals surface area contributed by atoms with Gasteiger partial charge in [-0.1, -0.05) is 6.92 Å². The van der Waals surface area contributed by atoms with Crippen LogP contribution in [0.25, 0.3) is 0 Å². The van der Waals surface area contributed by atoms with Crippen LogP contribution >= 0.6 is 0 Å². The molecule has 1 saturated heterocycles. The highest BCUT2D eigenvalue weighted by atomic mass is 16.6. The number of piperazine rings is 1. The minimum Gasteiger partial charge on any atom is -0.444 e. The summed E-state index contributed by atoms with van der Waals surface area (Å²) in [4.78, 5) is 41.0. The van der Waals surface area contributed by atoms with E-state index in [1.165, 1.54) is 0 Å². The van der Waals surface area contributed by atoms with Gasteiger partial charge in [-0.2, -0.15) is 0 Å².